The van der Waals surface area contributed by atoms with Crippen LogP contribution in [-0.2, 0) is 25.5 Å². The van der Waals surface area contributed by atoms with Crippen molar-refractivity contribution in [2.24, 2.45) is 0 Å². The van der Waals surface area contributed by atoms with Gasteiger partial charge in [0.05, 0.1) is 13.0 Å². The fourth-order valence-electron chi connectivity index (χ4n) is 2.97. The maximum Gasteiger partial charge on any atom is 0.352 e. The monoisotopic (exact) mass is 392 g/mol. The van der Waals surface area contributed by atoms with Gasteiger partial charge in [-0.3, -0.25) is 14.5 Å². The highest BCUT2D eigenvalue weighted by molar-refractivity contribution is 8.00. The van der Waals surface area contributed by atoms with Crippen molar-refractivity contribution in [1.82, 2.24) is 10.2 Å². The van der Waals surface area contributed by atoms with Crippen molar-refractivity contribution < 1.29 is 24.2 Å². The first-order chi connectivity index (χ1) is 13.0. The van der Waals surface area contributed by atoms with Crippen LogP contribution in [0.2, 0.25) is 0 Å². The number of carboxylic acid groups (broad SMARTS) is 1. The smallest absolute Gasteiger partial charge is 0.352 e. The van der Waals surface area contributed by atoms with Gasteiger partial charge in [0.15, 0.2) is 0 Å². The van der Waals surface area contributed by atoms with Crippen molar-refractivity contribution >= 4 is 29.5 Å². The summed E-state index contributed by atoms with van der Waals surface area (Å²) in [7, 11) is 1.48. The Morgan fingerprint density at radius 1 is 1.30 bits per heavy atom. The third kappa shape index (κ3) is 4.51. The lowest BCUT2D eigenvalue weighted by atomic mass is 10.0. The highest BCUT2D eigenvalue weighted by atomic mass is 32.2. The van der Waals surface area contributed by atoms with E-state index in [1.165, 1.54) is 23.8 Å². The minimum absolute atomic E-state index is 0.0239. The first-order valence-corrected chi connectivity index (χ1v) is 9.80. The van der Waals surface area contributed by atoms with E-state index in [0.717, 1.165) is 5.56 Å². The van der Waals surface area contributed by atoms with E-state index in [2.05, 4.69) is 5.32 Å². The summed E-state index contributed by atoms with van der Waals surface area (Å²) in [5.74, 6) is -1.35. The summed E-state index contributed by atoms with van der Waals surface area (Å²) >= 11 is 1.43. The first kappa shape index (κ1) is 21.0. The van der Waals surface area contributed by atoms with Gasteiger partial charge in [0.2, 0.25) is 5.91 Å². The van der Waals surface area contributed by atoms with Crippen LogP contribution in [0.1, 0.15) is 19.4 Å². The molecule has 1 aromatic carbocycles. The third-order valence-electron chi connectivity index (χ3n) is 4.09. The molecule has 27 heavy (non-hydrogen) atoms. The molecule has 8 heteroatoms. The van der Waals surface area contributed by atoms with E-state index >= 15 is 0 Å². The van der Waals surface area contributed by atoms with Gasteiger partial charge >= 0.3 is 5.97 Å². The number of rotatable bonds is 6. The van der Waals surface area contributed by atoms with Gasteiger partial charge in [-0.25, -0.2) is 4.79 Å². The van der Waals surface area contributed by atoms with Crippen LogP contribution >= 0.6 is 11.8 Å². The van der Waals surface area contributed by atoms with Crippen LogP contribution in [0.25, 0.3) is 0 Å². The predicted molar refractivity (Wildman–Crippen MR) is 103 cm³/mol. The van der Waals surface area contributed by atoms with Crippen LogP contribution in [0.15, 0.2) is 41.6 Å². The molecule has 0 radical (unpaired) electrons. The molecular weight excluding hydrogens is 368 g/mol. The van der Waals surface area contributed by atoms with Crippen molar-refractivity contribution in [3.63, 3.8) is 0 Å². The van der Waals surface area contributed by atoms with Gasteiger partial charge in [0.1, 0.15) is 17.1 Å². The molecule has 0 aliphatic carbocycles. The number of hydrogen-bond donors (Lipinski definition) is 2. The van der Waals surface area contributed by atoms with Gasteiger partial charge in [0.25, 0.3) is 5.91 Å². The topological polar surface area (TPSA) is 95.9 Å². The molecule has 0 spiro atoms. The van der Waals surface area contributed by atoms with E-state index in [1.807, 2.05) is 44.2 Å². The number of hydrogen-bond acceptors (Lipinski definition) is 5. The molecule has 2 N–H and O–H groups in total. The fourth-order valence-corrected chi connectivity index (χ4v) is 4.30. The molecule has 2 heterocycles. The van der Waals surface area contributed by atoms with E-state index in [9.17, 15) is 19.5 Å². The van der Waals surface area contributed by atoms with Crippen LogP contribution in [0, 0.1) is 0 Å². The number of nitrogens with zero attached hydrogens (tertiary/aromatic N) is 1. The number of carbonyl (C=O) groups is 3. The minimum Gasteiger partial charge on any atom is -0.477 e. The van der Waals surface area contributed by atoms with Crippen LogP contribution in [-0.4, -0.2) is 58.7 Å². The van der Waals surface area contributed by atoms with Crippen molar-refractivity contribution in [2.75, 3.05) is 19.5 Å². The SMILES string of the molecule is CC.COCC1=C(C(=O)O)N2C(=O)[C@@H](NC(=O)Cc3ccccc3)C2SC1. The molecule has 0 bridgehead atoms. The highest BCUT2D eigenvalue weighted by Gasteiger charge is 2.54. The van der Waals surface area contributed by atoms with E-state index in [0.29, 0.717) is 11.3 Å². The Morgan fingerprint density at radius 2 is 1.96 bits per heavy atom. The van der Waals surface area contributed by atoms with Crippen molar-refractivity contribution in [1.29, 1.82) is 0 Å². The Bertz CT molecular complexity index is 735. The van der Waals surface area contributed by atoms with Crippen LogP contribution < -0.4 is 5.32 Å². The Kier molecular flexibility index (Phi) is 7.44. The third-order valence-corrected chi connectivity index (χ3v) is 5.43. The number of benzene rings is 1. The summed E-state index contributed by atoms with van der Waals surface area (Å²) in [5.41, 5.74) is 1.40. The van der Waals surface area contributed by atoms with E-state index in [-0.39, 0.29) is 30.0 Å². The van der Waals surface area contributed by atoms with E-state index < -0.39 is 17.9 Å². The molecule has 0 saturated carbocycles. The maximum absolute atomic E-state index is 12.4. The largest absolute Gasteiger partial charge is 0.477 e. The van der Waals surface area contributed by atoms with Crippen LogP contribution in [0.3, 0.4) is 0 Å². The summed E-state index contributed by atoms with van der Waals surface area (Å²) in [6.07, 6.45) is 0.179. The zero-order valence-electron chi connectivity index (χ0n) is 15.6. The van der Waals surface area contributed by atoms with E-state index in [4.69, 9.17) is 4.74 Å². The molecule has 2 aliphatic rings. The molecule has 2 amide bonds. The minimum atomic E-state index is -1.15. The maximum atomic E-state index is 12.4. The Labute approximate surface area is 162 Å². The van der Waals surface area contributed by atoms with Crippen molar-refractivity contribution in [2.45, 2.75) is 31.7 Å². The number of thioether (sulfide) groups is 1. The molecule has 2 atom stereocenters. The van der Waals surface area contributed by atoms with Crippen LogP contribution in [0.5, 0.6) is 0 Å². The number of carbonyl (C=O) groups excluding carboxylic acids is 2. The summed E-state index contributed by atoms with van der Waals surface area (Å²) in [6.45, 7) is 4.16. The molecular formula is C19H24N2O5S. The second kappa shape index (κ2) is 9.57. The molecule has 1 saturated heterocycles. The number of carboxylic acids is 1. The zero-order valence-corrected chi connectivity index (χ0v) is 16.4. The Balaban J connectivity index is 0.00000126. The van der Waals surface area contributed by atoms with Crippen molar-refractivity contribution in [3.8, 4) is 0 Å². The number of aliphatic carboxylic acids is 1. The van der Waals surface area contributed by atoms with Gasteiger partial charge in [-0.2, -0.15) is 0 Å². The normalized spacial score (nSPS) is 20.9. The molecule has 1 aromatic rings. The lowest BCUT2D eigenvalue weighted by Crippen LogP contribution is -2.70. The van der Waals surface area contributed by atoms with Gasteiger partial charge in [-0.05, 0) is 11.1 Å². The quantitative estimate of drug-likeness (QED) is 0.715. The summed E-state index contributed by atoms with van der Waals surface area (Å²) in [6, 6.07) is 8.54. The molecule has 2 aliphatic heterocycles. The fraction of sp³-hybridized carbons (Fsp3) is 0.421. The van der Waals surface area contributed by atoms with Crippen molar-refractivity contribution in [3.05, 3.63) is 47.2 Å². The summed E-state index contributed by atoms with van der Waals surface area (Å²) in [4.78, 5) is 37.4. The number of nitrogens with one attached hydrogen (secondary N) is 1. The lowest BCUT2D eigenvalue weighted by molar-refractivity contribution is -0.150. The van der Waals surface area contributed by atoms with Crippen LogP contribution in [0.4, 0.5) is 0 Å². The molecule has 0 aromatic heterocycles. The average Bonchev–Trinajstić information content (AvgIpc) is 2.68. The molecule has 1 unspecified atom stereocenters. The molecule has 7 nitrogen and oxygen atoms in total. The number of methoxy groups -OCH3 is 1. The van der Waals surface area contributed by atoms with E-state index in [1.54, 1.807) is 0 Å². The predicted octanol–water partition coefficient (Wildman–Crippen LogP) is 1.64. The summed E-state index contributed by atoms with van der Waals surface area (Å²) in [5, 5.41) is 11.8. The molecule has 146 valence electrons. The van der Waals surface area contributed by atoms with Gasteiger partial charge < -0.3 is 15.2 Å². The van der Waals surface area contributed by atoms with Gasteiger partial charge in [-0.1, -0.05) is 44.2 Å². The number of ether oxygens (including phenoxy) is 1. The first-order valence-electron chi connectivity index (χ1n) is 8.75. The number of β-lactam (4-membered cyclic amide) rings is 1. The zero-order chi connectivity index (χ0) is 20.0. The lowest BCUT2D eigenvalue weighted by Gasteiger charge is -2.49. The average molecular weight is 392 g/mol. The molecule has 1 fully saturated rings. The summed E-state index contributed by atoms with van der Waals surface area (Å²) < 4.78 is 5.02. The second-order valence-corrected chi connectivity index (χ2v) is 6.91. The Morgan fingerprint density at radius 3 is 2.56 bits per heavy atom. The van der Waals surface area contributed by atoms with Gasteiger partial charge in [0, 0.05) is 12.9 Å². The highest BCUT2D eigenvalue weighted by Crippen LogP contribution is 2.40. The Hall–Kier alpha value is -2.32. The number of fused-ring (bicyclic) bond motifs is 1. The standard InChI is InChI=1S/C17H18N2O5S.C2H6/c1-24-8-11-9-25-16-13(15(21)19(16)14(11)17(22)23)18-12(20)7-10-5-3-2-4-6-10;1-2/h2-6,13,16H,7-9H2,1H3,(H,18,20)(H,22,23);1-2H3/t13-,16?;/m1./s1. The molecule has 3 rings (SSSR count). The number of amides is 2. The van der Waals surface area contributed by atoms with Gasteiger partial charge in [-0.15, -0.1) is 11.8 Å². The second-order valence-electron chi connectivity index (χ2n) is 5.81.